The third-order valence-corrected chi connectivity index (χ3v) is 3.34. The van der Waals surface area contributed by atoms with Gasteiger partial charge in [0, 0.05) is 26.3 Å². The molecule has 3 nitrogen and oxygen atoms in total. The molecule has 88 valence electrons. The Balaban J connectivity index is 1.91. The van der Waals surface area contributed by atoms with Gasteiger partial charge in [0.2, 0.25) is 0 Å². The van der Waals surface area contributed by atoms with Gasteiger partial charge >= 0.3 is 0 Å². The van der Waals surface area contributed by atoms with Crippen LogP contribution in [0.15, 0.2) is 18.3 Å². The van der Waals surface area contributed by atoms with Crippen molar-refractivity contribution in [3.8, 4) is 0 Å². The standard InChI is InChI=1S/C13H21N3/c1-14-8-12-6-7-13(15-9-12)16(2)10-11-4-3-5-11/h6-7,9,11,14H,3-5,8,10H2,1-2H3. The summed E-state index contributed by atoms with van der Waals surface area (Å²) in [5.41, 5.74) is 1.24. The summed E-state index contributed by atoms with van der Waals surface area (Å²) in [7, 11) is 4.09. The predicted molar refractivity (Wildman–Crippen MR) is 67.6 cm³/mol. The molecule has 1 N–H and O–H groups in total. The van der Waals surface area contributed by atoms with Gasteiger partial charge in [0.15, 0.2) is 0 Å². The van der Waals surface area contributed by atoms with E-state index in [4.69, 9.17) is 0 Å². The maximum atomic E-state index is 4.49. The van der Waals surface area contributed by atoms with E-state index in [1.165, 1.54) is 24.8 Å². The summed E-state index contributed by atoms with van der Waals surface area (Å²) in [4.78, 5) is 6.77. The van der Waals surface area contributed by atoms with E-state index in [9.17, 15) is 0 Å². The zero-order chi connectivity index (χ0) is 11.4. The Morgan fingerprint density at radius 2 is 2.25 bits per heavy atom. The minimum absolute atomic E-state index is 0.889. The van der Waals surface area contributed by atoms with Crippen LogP contribution in [-0.4, -0.2) is 25.6 Å². The molecule has 0 unspecified atom stereocenters. The monoisotopic (exact) mass is 219 g/mol. The van der Waals surface area contributed by atoms with Gasteiger partial charge in [-0.05, 0) is 37.4 Å². The van der Waals surface area contributed by atoms with E-state index in [0.717, 1.165) is 24.8 Å². The number of anilines is 1. The first-order chi connectivity index (χ1) is 7.79. The summed E-state index contributed by atoms with van der Waals surface area (Å²) >= 11 is 0. The molecule has 0 amide bonds. The van der Waals surface area contributed by atoms with Crippen molar-refractivity contribution in [3.05, 3.63) is 23.9 Å². The number of aromatic nitrogens is 1. The highest BCUT2D eigenvalue weighted by molar-refractivity contribution is 5.38. The fourth-order valence-corrected chi connectivity index (χ4v) is 2.11. The van der Waals surface area contributed by atoms with E-state index in [0.29, 0.717) is 0 Å². The van der Waals surface area contributed by atoms with Gasteiger partial charge in [0.05, 0.1) is 0 Å². The van der Waals surface area contributed by atoms with Crippen molar-refractivity contribution in [2.24, 2.45) is 5.92 Å². The molecule has 0 atom stereocenters. The number of hydrogen-bond acceptors (Lipinski definition) is 3. The highest BCUT2D eigenvalue weighted by Gasteiger charge is 2.19. The Bertz CT molecular complexity index is 316. The number of rotatable bonds is 5. The average molecular weight is 219 g/mol. The number of nitrogens with zero attached hydrogens (tertiary/aromatic N) is 2. The molecule has 0 saturated heterocycles. The summed E-state index contributed by atoms with van der Waals surface area (Å²) in [6, 6.07) is 4.27. The maximum absolute atomic E-state index is 4.49. The Hall–Kier alpha value is -1.09. The molecule has 2 rings (SSSR count). The van der Waals surface area contributed by atoms with Crippen molar-refractivity contribution in [1.29, 1.82) is 0 Å². The predicted octanol–water partition coefficient (Wildman–Crippen LogP) is 2.04. The van der Waals surface area contributed by atoms with Crippen molar-refractivity contribution in [1.82, 2.24) is 10.3 Å². The topological polar surface area (TPSA) is 28.2 Å². The lowest BCUT2D eigenvalue weighted by Gasteiger charge is -2.30. The number of pyridine rings is 1. The molecule has 0 radical (unpaired) electrons. The Morgan fingerprint density at radius 3 is 2.75 bits per heavy atom. The van der Waals surface area contributed by atoms with Crippen LogP contribution >= 0.6 is 0 Å². The zero-order valence-corrected chi connectivity index (χ0v) is 10.2. The van der Waals surface area contributed by atoms with E-state index in [-0.39, 0.29) is 0 Å². The van der Waals surface area contributed by atoms with Crippen molar-refractivity contribution >= 4 is 5.82 Å². The minimum Gasteiger partial charge on any atom is -0.359 e. The summed E-state index contributed by atoms with van der Waals surface area (Å²) in [5, 5.41) is 3.13. The van der Waals surface area contributed by atoms with Gasteiger partial charge < -0.3 is 10.2 Å². The van der Waals surface area contributed by atoms with E-state index in [1.54, 1.807) is 0 Å². The van der Waals surface area contributed by atoms with Gasteiger partial charge in [-0.25, -0.2) is 4.98 Å². The van der Waals surface area contributed by atoms with E-state index in [1.807, 2.05) is 13.2 Å². The van der Waals surface area contributed by atoms with Crippen LogP contribution in [0.3, 0.4) is 0 Å². The summed E-state index contributed by atoms with van der Waals surface area (Å²) in [6.45, 7) is 2.04. The first-order valence-electron chi connectivity index (χ1n) is 6.10. The Morgan fingerprint density at radius 1 is 1.44 bits per heavy atom. The number of hydrogen-bond donors (Lipinski definition) is 1. The second-order valence-electron chi connectivity index (χ2n) is 4.73. The smallest absolute Gasteiger partial charge is 0.128 e. The zero-order valence-electron chi connectivity index (χ0n) is 10.2. The molecule has 16 heavy (non-hydrogen) atoms. The Kier molecular flexibility index (Phi) is 3.78. The van der Waals surface area contributed by atoms with Gasteiger partial charge in [-0.15, -0.1) is 0 Å². The molecule has 1 aromatic heterocycles. The molecule has 1 fully saturated rings. The first kappa shape index (κ1) is 11.4. The molecule has 0 bridgehead atoms. The SMILES string of the molecule is CNCc1ccc(N(C)CC2CCC2)nc1. The molecular weight excluding hydrogens is 198 g/mol. The lowest BCUT2D eigenvalue weighted by Crippen LogP contribution is -2.29. The molecule has 3 heteroatoms. The summed E-state index contributed by atoms with van der Waals surface area (Å²) < 4.78 is 0. The van der Waals surface area contributed by atoms with Crippen LogP contribution in [0, 0.1) is 5.92 Å². The van der Waals surface area contributed by atoms with Gasteiger partial charge in [-0.3, -0.25) is 0 Å². The average Bonchev–Trinajstić information content (AvgIpc) is 2.25. The van der Waals surface area contributed by atoms with Crippen LogP contribution in [-0.2, 0) is 6.54 Å². The van der Waals surface area contributed by atoms with Crippen molar-refractivity contribution in [2.45, 2.75) is 25.8 Å². The molecule has 1 saturated carbocycles. The van der Waals surface area contributed by atoms with E-state index in [2.05, 4.69) is 34.4 Å². The van der Waals surface area contributed by atoms with Crippen LogP contribution in [0.5, 0.6) is 0 Å². The van der Waals surface area contributed by atoms with Gasteiger partial charge in [-0.2, -0.15) is 0 Å². The second kappa shape index (κ2) is 5.30. The number of nitrogens with one attached hydrogen (secondary N) is 1. The lowest BCUT2D eigenvalue weighted by molar-refractivity contribution is 0.321. The van der Waals surface area contributed by atoms with Crippen molar-refractivity contribution in [2.75, 3.05) is 25.5 Å². The summed E-state index contributed by atoms with van der Waals surface area (Å²) in [5.74, 6) is 1.98. The van der Waals surface area contributed by atoms with E-state index >= 15 is 0 Å². The Labute approximate surface area is 97.9 Å². The third kappa shape index (κ3) is 2.73. The molecule has 0 spiro atoms. The van der Waals surface area contributed by atoms with Crippen LogP contribution in [0.1, 0.15) is 24.8 Å². The van der Waals surface area contributed by atoms with E-state index < -0.39 is 0 Å². The largest absolute Gasteiger partial charge is 0.359 e. The second-order valence-corrected chi connectivity index (χ2v) is 4.73. The highest BCUT2D eigenvalue weighted by atomic mass is 15.2. The third-order valence-electron chi connectivity index (χ3n) is 3.34. The lowest BCUT2D eigenvalue weighted by atomic mass is 9.85. The molecule has 0 aliphatic heterocycles. The molecular formula is C13H21N3. The fraction of sp³-hybridized carbons (Fsp3) is 0.615. The van der Waals surface area contributed by atoms with Crippen LogP contribution < -0.4 is 10.2 Å². The normalized spacial score (nSPS) is 15.9. The molecule has 1 aromatic rings. The minimum atomic E-state index is 0.889. The van der Waals surface area contributed by atoms with Crippen molar-refractivity contribution < 1.29 is 0 Å². The van der Waals surface area contributed by atoms with Gasteiger partial charge in [-0.1, -0.05) is 12.5 Å². The van der Waals surface area contributed by atoms with Crippen LogP contribution in [0.2, 0.25) is 0 Å². The molecule has 1 aliphatic carbocycles. The van der Waals surface area contributed by atoms with Crippen molar-refractivity contribution in [3.63, 3.8) is 0 Å². The molecule has 0 aromatic carbocycles. The van der Waals surface area contributed by atoms with Crippen LogP contribution in [0.25, 0.3) is 0 Å². The molecule has 1 aliphatic rings. The van der Waals surface area contributed by atoms with Gasteiger partial charge in [0.1, 0.15) is 5.82 Å². The summed E-state index contributed by atoms with van der Waals surface area (Å²) in [6.07, 6.45) is 6.15. The fourth-order valence-electron chi connectivity index (χ4n) is 2.11. The maximum Gasteiger partial charge on any atom is 0.128 e. The van der Waals surface area contributed by atoms with Crippen LogP contribution in [0.4, 0.5) is 5.82 Å². The van der Waals surface area contributed by atoms with Gasteiger partial charge in [0.25, 0.3) is 0 Å². The molecule has 1 heterocycles. The first-order valence-corrected chi connectivity index (χ1v) is 6.10. The quantitative estimate of drug-likeness (QED) is 0.821. The highest BCUT2D eigenvalue weighted by Crippen LogP contribution is 2.27.